The summed E-state index contributed by atoms with van der Waals surface area (Å²) in [5.41, 5.74) is 4.95. The number of ether oxygens (including phenoxy) is 1. The van der Waals surface area contributed by atoms with Gasteiger partial charge in [0.2, 0.25) is 0 Å². The maximum atomic E-state index is 11.4. The second kappa shape index (κ2) is 9.36. The second-order valence-electron chi connectivity index (χ2n) is 7.82. The molecule has 4 aromatic rings. The SMILES string of the molecule is Cc1ccc(-c2nc(C)c(COc3ccc(C(CC(=O)O)c4ccn(C)n4)cc3)s2)cc1. The van der Waals surface area contributed by atoms with Crippen LogP contribution in [0, 0.1) is 13.8 Å². The molecule has 0 radical (unpaired) electrons. The van der Waals surface area contributed by atoms with Crippen LogP contribution in [-0.4, -0.2) is 25.8 Å². The second-order valence-corrected chi connectivity index (χ2v) is 8.90. The smallest absolute Gasteiger partial charge is 0.304 e. The molecule has 0 saturated heterocycles. The zero-order chi connectivity index (χ0) is 22.7. The van der Waals surface area contributed by atoms with Crippen LogP contribution in [0.25, 0.3) is 10.6 Å². The molecule has 0 fully saturated rings. The molecular formula is C25H25N3O3S. The normalized spacial score (nSPS) is 12.0. The van der Waals surface area contributed by atoms with Crippen LogP contribution in [0.15, 0.2) is 60.8 Å². The van der Waals surface area contributed by atoms with Gasteiger partial charge in [-0.2, -0.15) is 5.10 Å². The van der Waals surface area contributed by atoms with E-state index in [2.05, 4.69) is 36.3 Å². The zero-order valence-corrected chi connectivity index (χ0v) is 19.1. The first-order chi connectivity index (χ1) is 15.4. The van der Waals surface area contributed by atoms with Crippen LogP contribution < -0.4 is 4.74 Å². The lowest BCUT2D eigenvalue weighted by Crippen LogP contribution is -2.09. The molecule has 0 aliphatic heterocycles. The number of aryl methyl sites for hydroxylation is 3. The number of carbonyl (C=O) groups is 1. The van der Waals surface area contributed by atoms with E-state index in [-0.39, 0.29) is 12.3 Å². The summed E-state index contributed by atoms with van der Waals surface area (Å²) in [7, 11) is 1.82. The van der Waals surface area contributed by atoms with E-state index in [1.165, 1.54) is 5.56 Å². The number of nitrogens with zero attached hydrogens (tertiary/aromatic N) is 3. The maximum Gasteiger partial charge on any atom is 0.304 e. The van der Waals surface area contributed by atoms with Crippen LogP contribution in [-0.2, 0) is 18.4 Å². The molecule has 2 aromatic carbocycles. The number of hydrogen-bond donors (Lipinski definition) is 1. The Bertz CT molecular complexity index is 1210. The van der Waals surface area contributed by atoms with Gasteiger partial charge in [-0.3, -0.25) is 9.48 Å². The molecule has 32 heavy (non-hydrogen) atoms. The number of benzene rings is 2. The van der Waals surface area contributed by atoms with E-state index in [9.17, 15) is 9.90 Å². The topological polar surface area (TPSA) is 77.2 Å². The van der Waals surface area contributed by atoms with Crippen molar-refractivity contribution in [2.75, 3.05) is 0 Å². The Morgan fingerprint density at radius 1 is 1.09 bits per heavy atom. The first kappa shape index (κ1) is 21.8. The Hall–Kier alpha value is -3.45. The summed E-state index contributed by atoms with van der Waals surface area (Å²) in [6.07, 6.45) is 1.81. The largest absolute Gasteiger partial charge is 0.488 e. The van der Waals surface area contributed by atoms with Crippen molar-refractivity contribution in [2.45, 2.75) is 32.8 Å². The first-order valence-electron chi connectivity index (χ1n) is 10.4. The highest BCUT2D eigenvalue weighted by atomic mass is 32.1. The molecule has 0 saturated carbocycles. The summed E-state index contributed by atoms with van der Waals surface area (Å²) in [5.74, 6) is -0.428. The zero-order valence-electron chi connectivity index (χ0n) is 18.3. The van der Waals surface area contributed by atoms with Gasteiger partial charge in [0.25, 0.3) is 0 Å². The van der Waals surface area contributed by atoms with Gasteiger partial charge in [0, 0.05) is 24.7 Å². The van der Waals surface area contributed by atoms with Crippen molar-refractivity contribution in [2.24, 2.45) is 7.05 Å². The molecule has 2 aromatic heterocycles. The number of carboxylic acid groups (broad SMARTS) is 1. The molecular weight excluding hydrogens is 422 g/mol. The minimum atomic E-state index is -0.856. The summed E-state index contributed by atoms with van der Waals surface area (Å²) in [5, 5.41) is 14.7. The summed E-state index contributed by atoms with van der Waals surface area (Å²) in [4.78, 5) is 17.2. The van der Waals surface area contributed by atoms with Gasteiger partial charge in [-0.15, -0.1) is 11.3 Å². The molecule has 4 rings (SSSR count). The fourth-order valence-corrected chi connectivity index (χ4v) is 4.49. The summed E-state index contributed by atoms with van der Waals surface area (Å²) < 4.78 is 7.69. The lowest BCUT2D eigenvalue weighted by Gasteiger charge is -2.14. The van der Waals surface area contributed by atoms with Crippen molar-refractivity contribution in [3.63, 3.8) is 0 Å². The van der Waals surface area contributed by atoms with Gasteiger partial charge in [0.1, 0.15) is 17.4 Å². The Morgan fingerprint density at radius 3 is 2.44 bits per heavy atom. The highest BCUT2D eigenvalue weighted by Gasteiger charge is 2.20. The average molecular weight is 448 g/mol. The van der Waals surface area contributed by atoms with Crippen molar-refractivity contribution >= 4 is 17.3 Å². The standard InChI is InChI=1S/C25H25N3O3S/c1-16-4-6-19(7-5-16)25-26-17(2)23(32-25)15-31-20-10-8-18(9-11-20)21(14-24(29)30)22-12-13-28(3)27-22/h4-13,21H,14-15H2,1-3H3,(H,29,30). The van der Waals surface area contributed by atoms with Crippen LogP contribution in [0.3, 0.4) is 0 Å². The maximum absolute atomic E-state index is 11.4. The van der Waals surface area contributed by atoms with Crippen molar-refractivity contribution in [3.8, 4) is 16.3 Å². The van der Waals surface area contributed by atoms with Gasteiger partial charge < -0.3 is 9.84 Å². The third-order valence-electron chi connectivity index (χ3n) is 5.31. The molecule has 0 amide bonds. The van der Waals surface area contributed by atoms with Crippen LogP contribution in [0.1, 0.15) is 39.7 Å². The van der Waals surface area contributed by atoms with E-state index in [4.69, 9.17) is 9.72 Å². The van der Waals surface area contributed by atoms with Crippen LogP contribution in [0.4, 0.5) is 0 Å². The molecule has 1 atom stereocenters. The Morgan fingerprint density at radius 2 is 1.81 bits per heavy atom. The molecule has 0 bridgehead atoms. The average Bonchev–Trinajstić information content (AvgIpc) is 3.37. The molecule has 0 spiro atoms. The van der Waals surface area contributed by atoms with Crippen molar-refractivity contribution < 1.29 is 14.6 Å². The first-order valence-corrected chi connectivity index (χ1v) is 11.2. The lowest BCUT2D eigenvalue weighted by atomic mass is 9.92. The number of rotatable bonds is 8. The molecule has 0 aliphatic carbocycles. The lowest BCUT2D eigenvalue weighted by molar-refractivity contribution is -0.137. The van der Waals surface area contributed by atoms with Crippen LogP contribution in [0.5, 0.6) is 5.75 Å². The quantitative estimate of drug-likeness (QED) is 0.394. The number of hydrogen-bond acceptors (Lipinski definition) is 5. The highest BCUT2D eigenvalue weighted by Crippen LogP contribution is 2.31. The van der Waals surface area contributed by atoms with Gasteiger partial charge in [0.05, 0.1) is 22.7 Å². The molecule has 7 heteroatoms. The minimum Gasteiger partial charge on any atom is -0.488 e. The molecule has 1 N–H and O–H groups in total. The van der Waals surface area contributed by atoms with Crippen LogP contribution in [0.2, 0.25) is 0 Å². The van der Waals surface area contributed by atoms with Crippen molar-refractivity contribution in [1.82, 2.24) is 14.8 Å². The van der Waals surface area contributed by atoms with E-state index in [1.807, 2.05) is 50.5 Å². The minimum absolute atomic E-state index is 0.0148. The van der Waals surface area contributed by atoms with E-state index >= 15 is 0 Å². The van der Waals surface area contributed by atoms with E-state index in [1.54, 1.807) is 16.0 Å². The third kappa shape index (κ3) is 5.06. The van der Waals surface area contributed by atoms with Crippen molar-refractivity contribution in [1.29, 1.82) is 0 Å². The number of thiazole rings is 1. The number of aliphatic carboxylic acids is 1. The van der Waals surface area contributed by atoms with Gasteiger partial charge in [-0.1, -0.05) is 42.0 Å². The number of aromatic nitrogens is 3. The molecule has 164 valence electrons. The molecule has 2 heterocycles. The Kier molecular flexibility index (Phi) is 6.37. The van der Waals surface area contributed by atoms with Crippen molar-refractivity contribution in [3.05, 3.63) is 88.2 Å². The summed E-state index contributed by atoms with van der Waals surface area (Å²) in [6, 6.07) is 17.8. The molecule has 1 unspecified atom stereocenters. The highest BCUT2D eigenvalue weighted by molar-refractivity contribution is 7.15. The predicted octanol–water partition coefficient (Wildman–Crippen LogP) is 5.35. The Labute approximate surface area is 191 Å². The summed E-state index contributed by atoms with van der Waals surface area (Å²) >= 11 is 1.64. The monoisotopic (exact) mass is 447 g/mol. The fraction of sp³-hybridized carbons (Fsp3) is 0.240. The van der Waals surface area contributed by atoms with E-state index < -0.39 is 5.97 Å². The van der Waals surface area contributed by atoms with Crippen LogP contribution >= 0.6 is 11.3 Å². The van der Waals surface area contributed by atoms with Gasteiger partial charge in [-0.05, 0) is 37.6 Å². The van der Waals surface area contributed by atoms with Gasteiger partial charge >= 0.3 is 5.97 Å². The fourth-order valence-electron chi connectivity index (χ4n) is 3.51. The molecule has 6 nitrogen and oxygen atoms in total. The molecule has 0 aliphatic rings. The number of carboxylic acids is 1. The predicted molar refractivity (Wildman–Crippen MR) is 125 cm³/mol. The Balaban J connectivity index is 1.46. The van der Waals surface area contributed by atoms with Gasteiger partial charge in [-0.25, -0.2) is 4.98 Å². The van der Waals surface area contributed by atoms with Gasteiger partial charge in [0.15, 0.2) is 0 Å². The summed E-state index contributed by atoms with van der Waals surface area (Å²) in [6.45, 7) is 4.51. The van der Waals surface area contributed by atoms with E-state index in [0.717, 1.165) is 38.1 Å². The third-order valence-corrected chi connectivity index (χ3v) is 6.49. The van der Waals surface area contributed by atoms with E-state index in [0.29, 0.717) is 6.61 Å².